The lowest BCUT2D eigenvalue weighted by Gasteiger charge is -2.21. The summed E-state index contributed by atoms with van der Waals surface area (Å²) in [4.78, 5) is 8.53. The Morgan fingerprint density at radius 1 is 1.13 bits per heavy atom. The number of hydrogen-bond donors (Lipinski definition) is 1. The summed E-state index contributed by atoms with van der Waals surface area (Å²) in [6, 6.07) is 19.1. The Morgan fingerprint density at radius 2 is 1.80 bits per heavy atom. The number of guanidine groups is 1. The average Bonchev–Trinajstić information content (AvgIpc) is 3.22. The Hall–Kier alpha value is -1.26. The zero-order valence-electron chi connectivity index (χ0n) is 17.2. The fraction of sp³-hybridized carbons (Fsp3) is 0.409. The predicted octanol–water partition coefficient (Wildman–Crippen LogP) is 4.16. The lowest BCUT2D eigenvalue weighted by Crippen LogP contribution is -2.40. The first-order chi connectivity index (χ1) is 14.1. The Kier molecular flexibility index (Phi) is 10.5. The van der Waals surface area contributed by atoms with Crippen LogP contribution >= 0.6 is 35.7 Å². The minimum atomic E-state index is -3.30. The summed E-state index contributed by atoms with van der Waals surface area (Å²) in [7, 11) is -3.30. The number of rotatable bonds is 8. The Morgan fingerprint density at radius 3 is 2.47 bits per heavy atom. The van der Waals surface area contributed by atoms with Gasteiger partial charge in [0.25, 0.3) is 0 Å². The van der Waals surface area contributed by atoms with Crippen LogP contribution in [0.2, 0.25) is 0 Å². The number of likely N-dealkylation sites (tertiary alicyclic amines) is 1. The SMILES string of the molecule is CCNC(=NCCS(=O)(=O)c1ccccc1)N1CCC(CSc2ccccc2)C1.I. The first-order valence-corrected chi connectivity index (χ1v) is 12.7. The van der Waals surface area contributed by atoms with E-state index in [0.29, 0.717) is 10.8 Å². The molecule has 3 rings (SSSR count). The summed E-state index contributed by atoms with van der Waals surface area (Å²) in [6.45, 7) is 4.98. The van der Waals surface area contributed by atoms with Crippen LogP contribution in [0, 0.1) is 5.92 Å². The molecule has 0 radical (unpaired) electrons. The summed E-state index contributed by atoms with van der Waals surface area (Å²) in [5.41, 5.74) is 0. The number of thioether (sulfide) groups is 1. The fourth-order valence-corrected chi connectivity index (χ4v) is 5.52. The van der Waals surface area contributed by atoms with Crippen LogP contribution < -0.4 is 5.32 Å². The average molecular weight is 560 g/mol. The lowest BCUT2D eigenvalue weighted by atomic mass is 10.2. The molecule has 8 heteroatoms. The molecule has 1 N–H and O–H groups in total. The highest BCUT2D eigenvalue weighted by Gasteiger charge is 2.25. The molecule has 1 heterocycles. The van der Waals surface area contributed by atoms with Crippen molar-refractivity contribution in [1.82, 2.24) is 10.2 Å². The fourth-order valence-electron chi connectivity index (χ4n) is 3.34. The minimum Gasteiger partial charge on any atom is -0.357 e. The molecule has 2 aromatic rings. The second kappa shape index (κ2) is 12.6. The highest BCUT2D eigenvalue weighted by Crippen LogP contribution is 2.25. The quantitative estimate of drug-likeness (QED) is 0.228. The van der Waals surface area contributed by atoms with Crippen molar-refractivity contribution in [1.29, 1.82) is 0 Å². The highest BCUT2D eigenvalue weighted by atomic mass is 127. The van der Waals surface area contributed by atoms with Crippen LogP contribution in [0.4, 0.5) is 0 Å². The maximum Gasteiger partial charge on any atom is 0.193 e. The lowest BCUT2D eigenvalue weighted by molar-refractivity contribution is 0.475. The van der Waals surface area contributed by atoms with Crippen molar-refractivity contribution in [3.05, 3.63) is 60.7 Å². The molecule has 1 unspecified atom stereocenters. The smallest absolute Gasteiger partial charge is 0.193 e. The first kappa shape index (κ1) is 25.0. The second-order valence-electron chi connectivity index (χ2n) is 7.09. The Bertz CT molecular complexity index is 893. The van der Waals surface area contributed by atoms with Gasteiger partial charge in [0.1, 0.15) is 0 Å². The van der Waals surface area contributed by atoms with Crippen molar-refractivity contribution in [2.45, 2.75) is 23.1 Å². The van der Waals surface area contributed by atoms with Gasteiger partial charge in [-0.25, -0.2) is 8.42 Å². The molecule has 5 nitrogen and oxygen atoms in total. The zero-order valence-corrected chi connectivity index (χ0v) is 21.2. The molecule has 0 amide bonds. The van der Waals surface area contributed by atoms with Crippen molar-refractivity contribution in [3.8, 4) is 0 Å². The number of sulfone groups is 1. The van der Waals surface area contributed by atoms with Crippen molar-refractivity contribution in [2.75, 3.05) is 37.7 Å². The molecule has 0 spiro atoms. The molecule has 30 heavy (non-hydrogen) atoms. The standard InChI is InChI=1S/C22H29N3O2S2.HI/c1-2-23-22(24-14-16-29(26,27)21-11-7-4-8-12-21)25-15-13-19(17-25)18-28-20-9-5-3-6-10-20;/h3-12,19H,2,13-18H2,1H3,(H,23,24);1H. The molecule has 1 aliphatic heterocycles. The summed E-state index contributed by atoms with van der Waals surface area (Å²) < 4.78 is 24.9. The summed E-state index contributed by atoms with van der Waals surface area (Å²) in [5.74, 6) is 2.54. The molecule has 1 atom stereocenters. The van der Waals surface area contributed by atoms with Crippen molar-refractivity contribution < 1.29 is 8.42 Å². The molecule has 2 aromatic carbocycles. The third-order valence-electron chi connectivity index (χ3n) is 4.87. The van der Waals surface area contributed by atoms with Gasteiger partial charge in [0.05, 0.1) is 17.2 Å². The molecule has 0 saturated carbocycles. The van der Waals surface area contributed by atoms with Crippen LogP contribution in [-0.2, 0) is 9.84 Å². The normalized spacial score (nSPS) is 16.9. The van der Waals surface area contributed by atoms with Gasteiger partial charge in [0, 0.05) is 30.3 Å². The van der Waals surface area contributed by atoms with Crippen molar-refractivity contribution in [2.24, 2.45) is 10.9 Å². The molecule has 1 aliphatic rings. The van der Waals surface area contributed by atoms with Crippen LogP contribution in [0.5, 0.6) is 0 Å². The molecule has 0 aromatic heterocycles. The van der Waals surface area contributed by atoms with Gasteiger partial charge in [-0.15, -0.1) is 35.7 Å². The molecule has 1 fully saturated rings. The molecule has 164 valence electrons. The van der Waals surface area contributed by atoms with E-state index in [1.807, 2.05) is 30.8 Å². The van der Waals surface area contributed by atoms with Gasteiger partial charge in [0.15, 0.2) is 15.8 Å². The number of nitrogens with zero attached hydrogens (tertiary/aromatic N) is 2. The van der Waals surface area contributed by atoms with Gasteiger partial charge in [0.2, 0.25) is 0 Å². The van der Waals surface area contributed by atoms with E-state index in [-0.39, 0.29) is 36.3 Å². The number of hydrogen-bond acceptors (Lipinski definition) is 4. The topological polar surface area (TPSA) is 61.8 Å². The summed E-state index contributed by atoms with van der Waals surface area (Å²) in [5, 5.41) is 3.32. The van der Waals surface area contributed by atoms with Gasteiger partial charge in [-0.3, -0.25) is 4.99 Å². The molecule has 0 aliphatic carbocycles. The predicted molar refractivity (Wildman–Crippen MR) is 137 cm³/mol. The molecular formula is C22H30IN3O2S2. The van der Waals surface area contributed by atoms with Crippen LogP contribution in [0.25, 0.3) is 0 Å². The minimum absolute atomic E-state index is 0. The van der Waals surface area contributed by atoms with Gasteiger partial charge < -0.3 is 10.2 Å². The van der Waals surface area contributed by atoms with E-state index >= 15 is 0 Å². The van der Waals surface area contributed by atoms with E-state index in [9.17, 15) is 8.42 Å². The van der Waals surface area contributed by atoms with Gasteiger partial charge in [-0.2, -0.15) is 0 Å². The van der Waals surface area contributed by atoms with Gasteiger partial charge in [-0.05, 0) is 43.5 Å². The molecule has 1 saturated heterocycles. The summed E-state index contributed by atoms with van der Waals surface area (Å²) in [6.07, 6.45) is 1.13. The van der Waals surface area contributed by atoms with E-state index in [2.05, 4.69) is 39.5 Å². The zero-order chi connectivity index (χ0) is 20.5. The van der Waals surface area contributed by atoms with Gasteiger partial charge in [-0.1, -0.05) is 36.4 Å². The van der Waals surface area contributed by atoms with Crippen molar-refractivity contribution >= 4 is 51.5 Å². The largest absolute Gasteiger partial charge is 0.357 e. The maximum atomic E-state index is 12.5. The van der Waals surface area contributed by atoms with Crippen LogP contribution in [0.3, 0.4) is 0 Å². The third-order valence-corrected chi connectivity index (χ3v) is 7.83. The van der Waals surface area contributed by atoms with Crippen LogP contribution in [-0.4, -0.2) is 57.0 Å². The second-order valence-corrected chi connectivity index (χ2v) is 10.3. The third kappa shape index (κ3) is 7.46. The maximum absolute atomic E-state index is 12.5. The molecule has 0 bridgehead atoms. The Labute approximate surface area is 201 Å². The highest BCUT2D eigenvalue weighted by molar-refractivity contribution is 14.0. The van der Waals surface area contributed by atoms with Crippen LogP contribution in [0.1, 0.15) is 13.3 Å². The van der Waals surface area contributed by atoms with E-state index in [0.717, 1.165) is 37.8 Å². The Balaban J connectivity index is 0.00000320. The van der Waals surface area contributed by atoms with Crippen LogP contribution in [0.15, 0.2) is 75.4 Å². The number of nitrogens with one attached hydrogen (secondary N) is 1. The van der Waals surface area contributed by atoms with E-state index < -0.39 is 9.84 Å². The van der Waals surface area contributed by atoms with E-state index in [1.54, 1.807) is 24.3 Å². The first-order valence-electron chi connectivity index (χ1n) is 10.1. The number of aliphatic imine (C=N–C) groups is 1. The summed E-state index contributed by atoms with van der Waals surface area (Å²) >= 11 is 1.90. The monoisotopic (exact) mass is 559 g/mol. The van der Waals surface area contributed by atoms with E-state index in [1.165, 1.54) is 4.90 Å². The molecular weight excluding hydrogens is 529 g/mol. The number of benzene rings is 2. The van der Waals surface area contributed by atoms with Gasteiger partial charge >= 0.3 is 0 Å². The van der Waals surface area contributed by atoms with E-state index in [4.69, 9.17) is 0 Å². The number of halogens is 1. The van der Waals surface area contributed by atoms with Crippen molar-refractivity contribution in [3.63, 3.8) is 0 Å².